The third-order valence-electron chi connectivity index (χ3n) is 7.80. The predicted octanol–water partition coefficient (Wildman–Crippen LogP) is 4.12. The molecule has 1 N–H and O–H groups in total. The molecule has 0 radical (unpaired) electrons. The molecule has 3 rings (SSSR count). The van der Waals surface area contributed by atoms with Crippen molar-refractivity contribution in [1.29, 1.82) is 0 Å². The Labute approximate surface area is 205 Å². The molecule has 2 aliphatic rings. The molecular weight excluding hydrogens is 448 g/mol. The van der Waals surface area contributed by atoms with Crippen LogP contribution in [0.1, 0.15) is 71.7 Å². The maximum atomic E-state index is 14.0. The van der Waals surface area contributed by atoms with Gasteiger partial charge in [0.2, 0.25) is 11.8 Å². The van der Waals surface area contributed by atoms with Crippen LogP contribution in [0.25, 0.3) is 0 Å². The van der Waals surface area contributed by atoms with Crippen LogP contribution in [0, 0.1) is 17.3 Å². The zero-order valence-corrected chi connectivity index (χ0v) is 23.2. The fourth-order valence-corrected chi connectivity index (χ4v) is 6.75. The van der Waals surface area contributed by atoms with Crippen LogP contribution in [0.3, 0.4) is 0 Å². The number of amides is 3. The number of nitrogens with zero attached hydrogens (tertiary/aromatic N) is 1. The van der Waals surface area contributed by atoms with E-state index in [1.54, 1.807) is 25.1 Å². The third kappa shape index (κ3) is 4.09. The molecule has 0 saturated carbocycles. The molecule has 2 aliphatic heterocycles. The van der Waals surface area contributed by atoms with Gasteiger partial charge in [0, 0.05) is 12.8 Å². The van der Waals surface area contributed by atoms with Crippen molar-refractivity contribution in [1.82, 2.24) is 10.2 Å². The van der Waals surface area contributed by atoms with Crippen LogP contribution < -0.4 is 10.1 Å². The number of para-hydroxylation sites is 1. The minimum absolute atomic E-state index is 0.111. The summed E-state index contributed by atoms with van der Waals surface area (Å²) < 4.78 is 12.8. The molecule has 1 saturated heterocycles. The number of β-lactam (4-membered cyclic amide) rings is 1. The van der Waals surface area contributed by atoms with Crippen LogP contribution in [0.2, 0.25) is 13.1 Å². The fraction of sp³-hybridized carbons (Fsp3) is 0.654. The monoisotopic (exact) mass is 488 g/mol. The molecule has 34 heavy (non-hydrogen) atoms. The van der Waals surface area contributed by atoms with E-state index in [2.05, 4.69) is 39.2 Å². The lowest BCUT2D eigenvalue weighted by molar-refractivity contribution is -0.169. The molecule has 0 bridgehead atoms. The Bertz CT molecular complexity index is 968. The molecule has 0 unspecified atom stereocenters. The first-order valence-electron chi connectivity index (χ1n) is 12.4. The van der Waals surface area contributed by atoms with Crippen LogP contribution in [0.4, 0.5) is 0 Å². The Hall–Kier alpha value is -2.19. The van der Waals surface area contributed by atoms with Crippen molar-refractivity contribution in [3.8, 4) is 5.75 Å². The van der Waals surface area contributed by atoms with Gasteiger partial charge in [0.05, 0.1) is 29.0 Å². The quantitative estimate of drug-likeness (QED) is 0.461. The SMILES string of the molecule is CCC1(CC)Oc2ccccc2C(=O)N1C(=O)[C@H](C)[C@H]1NC(=O)[C@@H]1[C@@](C)(O[SiH](C)C)C(C)(C)C. The van der Waals surface area contributed by atoms with E-state index in [4.69, 9.17) is 9.16 Å². The standard InChI is InChI=1S/C26H40N2O5Si/c1-10-26(11-2)28(23(31)17-14-12-13-15-18(17)32-26)22(30)16(3)20-19(21(29)27-20)25(7,24(4,5)6)33-34(8)9/h12-16,19-20,34H,10-11H2,1-9H3,(H,27,29)/t16-,19-,20-,25-/m1/s1. The van der Waals surface area contributed by atoms with E-state index in [1.807, 2.05) is 26.8 Å². The van der Waals surface area contributed by atoms with E-state index in [1.165, 1.54) is 4.90 Å². The van der Waals surface area contributed by atoms with Crippen LogP contribution in [0.15, 0.2) is 24.3 Å². The molecule has 1 fully saturated rings. The molecule has 1 aromatic rings. The Kier molecular flexibility index (Phi) is 7.08. The molecular formula is C26H40N2O5Si. The third-order valence-corrected chi connectivity index (χ3v) is 8.76. The molecule has 8 heteroatoms. The summed E-state index contributed by atoms with van der Waals surface area (Å²) in [4.78, 5) is 41.8. The summed E-state index contributed by atoms with van der Waals surface area (Å²) in [6, 6.07) is 6.60. The zero-order valence-electron chi connectivity index (χ0n) is 22.0. The van der Waals surface area contributed by atoms with Gasteiger partial charge in [-0.1, -0.05) is 53.7 Å². The first-order valence-corrected chi connectivity index (χ1v) is 15.2. The van der Waals surface area contributed by atoms with Crippen molar-refractivity contribution in [2.45, 2.75) is 91.8 Å². The molecule has 1 aromatic carbocycles. The lowest BCUT2D eigenvalue weighted by Gasteiger charge is -2.56. The van der Waals surface area contributed by atoms with Gasteiger partial charge in [-0.05, 0) is 37.6 Å². The van der Waals surface area contributed by atoms with E-state index >= 15 is 0 Å². The average molecular weight is 489 g/mol. The topological polar surface area (TPSA) is 84.9 Å². The predicted molar refractivity (Wildman–Crippen MR) is 134 cm³/mol. The maximum Gasteiger partial charge on any atom is 0.267 e. The van der Waals surface area contributed by atoms with Crippen molar-refractivity contribution < 1.29 is 23.5 Å². The molecule has 0 aliphatic carbocycles. The van der Waals surface area contributed by atoms with Gasteiger partial charge >= 0.3 is 0 Å². The lowest BCUT2D eigenvalue weighted by atomic mass is 9.62. The Morgan fingerprint density at radius 1 is 1.18 bits per heavy atom. The van der Waals surface area contributed by atoms with Crippen LogP contribution in [-0.2, 0) is 14.0 Å². The van der Waals surface area contributed by atoms with E-state index in [-0.39, 0.29) is 23.1 Å². The molecule has 3 amide bonds. The second-order valence-corrected chi connectivity index (χ2v) is 13.4. The highest BCUT2D eigenvalue weighted by molar-refractivity contribution is 6.48. The highest BCUT2D eigenvalue weighted by Crippen LogP contribution is 2.47. The van der Waals surface area contributed by atoms with Gasteiger partial charge in [-0.15, -0.1) is 0 Å². The Morgan fingerprint density at radius 3 is 2.26 bits per heavy atom. The van der Waals surface area contributed by atoms with Gasteiger partial charge in [0.25, 0.3) is 5.91 Å². The minimum Gasteiger partial charge on any atom is -0.467 e. The summed E-state index contributed by atoms with van der Waals surface area (Å²) in [5.74, 6) is -1.42. The molecule has 7 nitrogen and oxygen atoms in total. The second kappa shape index (κ2) is 9.11. The van der Waals surface area contributed by atoms with Crippen molar-refractivity contribution >= 4 is 26.8 Å². The van der Waals surface area contributed by atoms with Crippen molar-refractivity contribution in [3.05, 3.63) is 29.8 Å². The van der Waals surface area contributed by atoms with Crippen LogP contribution in [-0.4, -0.2) is 49.0 Å². The largest absolute Gasteiger partial charge is 0.467 e. The number of imide groups is 1. The molecule has 0 aromatic heterocycles. The first kappa shape index (κ1) is 26.4. The average Bonchev–Trinajstić information content (AvgIpc) is 2.74. The lowest BCUT2D eigenvalue weighted by Crippen LogP contribution is -2.74. The summed E-state index contributed by atoms with van der Waals surface area (Å²) in [5.41, 5.74) is -1.75. The molecule has 188 valence electrons. The molecule has 2 heterocycles. The van der Waals surface area contributed by atoms with Gasteiger partial charge in [0.15, 0.2) is 14.8 Å². The van der Waals surface area contributed by atoms with E-state index in [9.17, 15) is 14.4 Å². The summed E-state index contributed by atoms with van der Waals surface area (Å²) in [6.45, 7) is 18.0. The van der Waals surface area contributed by atoms with Gasteiger partial charge in [-0.25, -0.2) is 4.90 Å². The number of hydrogen-bond acceptors (Lipinski definition) is 5. The Morgan fingerprint density at radius 2 is 1.76 bits per heavy atom. The number of ether oxygens (including phenoxy) is 1. The highest BCUT2D eigenvalue weighted by Gasteiger charge is 2.60. The van der Waals surface area contributed by atoms with E-state index in [0.717, 1.165) is 0 Å². The number of benzene rings is 1. The number of carbonyl (C=O) groups is 3. The van der Waals surface area contributed by atoms with Gasteiger partial charge in [-0.2, -0.15) is 0 Å². The van der Waals surface area contributed by atoms with Gasteiger partial charge in [0.1, 0.15) is 5.75 Å². The normalized spacial score (nSPS) is 24.5. The maximum absolute atomic E-state index is 14.0. The summed E-state index contributed by atoms with van der Waals surface area (Å²) in [7, 11) is -1.50. The van der Waals surface area contributed by atoms with Gasteiger partial charge < -0.3 is 14.5 Å². The van der Waals surface area contributed by atoms with E-state index in [0.29, 0.717) is 24.2 Å². The van der Waals surface area contributed by atoms with Crippen LogP contribution in [0.5, 0.6) is 5.75 Å². The summed E-state index contributed by atoms with van der Waals surface area (Å²) in [5, 5.41) is 2.96. The smallest absolute Gasteiger partial charge is 0.267 e. The number of hydrogen-bond donors (Lipinski definition) is 1. The highest BCUT2D eigenvalue weighted by atomic mass is 28.3. The zero-order chi connectivity index (χ0) is 25.6. The number of carbonyl (C=O) groups excluding carboxylic acids is 3. The minimum atomic E-state index is -1.50. The van der Waals surface area contributed by atoms with E-state index < -0.39 is 38.2 Å². The summed E-state index contributed by atoms with van der Waals surface area (Å²) in [6.07, 6.45) is 0.925. The molecule has 4 atom stereocenters. The second-order valence-electron chi connectivity index (χ2n) is 11.1. The van der Waals surface area contributed by atoms with Crippen molar-refractivity contribution in [2.75, 3.05) is 0 Å². The Balaban J connectivity index is 1.99. The van der Waals surface area contributed by atoms with Crippen molar-refractivity contribution in [2.24, 2.45) is 17.3 Å². The van der Waals surface area contributed by atoms with Crippen molar-refractivity contribution in [3.63, 3.8) is 0 Å². The molecule has 0 spiro atoms. The summed E-state index contributed by atoms with van der Waals surface area (Å²) >= 11 is 0. The number of fused-ring (bicyclic) bond motifs is 1. The number of nitrogens with one attached hydrogen (secondary N) is 1. The van der Waals surface area contributed by atoms with Gasteiger partial charge in [-0.3, -0.25) is 14.4 Å². The fourth-order valence-electron chi connectivity index (χ4n) is 5.27. The number of rotatable bonds is 7. The van der Waals surface area contributed by atoms with Crippen LogP contribution >= 0.6 is 0 Å². The first-order chi connectivity index (χ1) is 15.7.